The van der Waals surface area contributed by atoms with Crippen LogP contribution in [0.4, 0.5) is 0 Å². The van der Waals surface area contributed by atoms with Gasteiger partial charge in [0, 0.05) is 28.7 Å². The third-order valence-electron chi connectivity index (χ3n) is 3.93. The number of likely N-dealkylation sites (tertiary alicyclic amines) is 1. The molecular weight excluding hydrogens is 224 g/mol. The number of rotatable bonds is 3. The Labute approximate surface area is 107 Å². The number of Topliss-reactive ketones (excluding diaryl/α,β-unsaturated/α-hetero) is 1. The highest BCUT2D eigenvalue weighted by Crippen LogP contribution is 2.21. The summed E-state index contributed by atoms with van der Waals surface area (Å²) in [5, 5.41) is 1.04. The molecule has 94 valence electrons. The van der Waals surface area contributed by atoms with Gasteiger partial charge in [0.1, 0.15) is 0 Å². The fraction of sp³-hybridized carbons (Fsp3) is 0.400. The fourth-order valence-corrected chi connectivity index (χ4v) is 2.80. The van der Waals surface area contributed by atoms with E-state index in [1.54, 1.807) is 0 Å². The lowest BCUT2D eigenvalue weighted by Gasteiger charge is -2.19. The number of fused-ring (bicyclic) bond motifs is 1. The van der Waals surface area contributed by atoms with Crippen LogP contribution < -0.4 is 0 Å². The largest absolute Gasteiger partial charge is 0.360 e. The van der Waals surface area contributed by atoms with Crippen LogP contribution in [0.25, 0.3) is 10.9 Å². The molecule has 0 spiro atoms. The van der Waals surface area contributed by atoms with E-state index in [2.05, 4.69) is 16.8 Å². The van der Waals surface area contributed by atoms with Crippen LogP contribution in [0.2, 0.25) is 0 Å². The molecule has 0 amide bonds. The summed E-state index contributed by atoms with van der Waals surface area (Å²) in [4.78, 5) is 17.8. The first kappa shape index (κ1) is 11.5. The molecule has 1 atom stereocenters. The van der Waals surface area contributed by atoms with Crippen LogP contribution in [-0.2, 0) is 0 Å². The summed E-state index contributed by atoms with van der Waals surface area (Å²) in [7, 11) is 0. The van der Waals surface area contributed by atoms with Gasteiger partial charge in [-0.15, -0.1) is 0 Å². The maximum Gasteiger partial charge on any atom is 0.178 e. The van der Waals surface area contributed by atoms with Gasteiger partial charge in [0.05, 0.1) is 6.54 Å². The minimum atomic E-state index is 0.223. The molecule has 18 heavy (non-hydrogen) atoms. The minimum Gasteiger partial charge on any atom is -0.360 e. The van der Waals surface area contributed by atoms with Gasteiger partial charge in [-0.05, 0) is 32.4 Å². The van der Waals surface area contributed by atoms with E-state index in [0.717, 1.165) is 23.0 Å². The van der Waals surface area contributed by atoms with Gasteiger partial charge in [-0.3, -0.25) is 9.69 Å². The number of carbonyl (C=O) groups excluding carboxylic acids is 1. The number of aromatic nitrogens is 1. The van der Waals surface area contributed by atoms with E-state index in [-0.39, 0.29) is 5.78 Å². The Morgan fingerprint density at radius 2 is 2.28 bits per heavy atom. The van der Waals surface area contributed by atoms with E-state index in [1.807, 2.05) is 30.5 Å². The molecule has 1 unspecified atom stereocenters. The van der Waals surface area contributed by atoms with Crippen molar-refractivity contribution in [3.63, 3.8) is 0 Å². The third-order valence-corrected chi connectivity index (χ3v) is 3.93. The molecule has 1 aliphatic heterocycles. The van der Waals surface area contributed by atoms with Gasteiger partial charge in [0.2, 0.25) is 0 Å². The Morgan fingerprint density at radius 3 is 3.06 bits per heavy atom. The molecule has 0 radical (unpaired) electrons. The van der Waals surface area contributed by atoms with Crippen LogP contribution in [0.1, 0.15) is 30.1 Å². The van der Waals surface area contributed by atoms with Crippen LogP contribution in [-0.4, -0.2) is 34.8 Å². The molecule has 1 aromatic carbocycles. The van der Waals surface area contributed by atoms with Gasteiger partial charge in [-0.2, -0.15) is 0 Å². The van der Waals surface area contributed by atoms with Crippen LogP contribution >= 0.6 is 0 Å². The molecule has 3 nitrogen and oxygen atoms in total. The first-order valence-corrected chi connectivity index (χ1v) is 6.59. The van der Waals surface area contributed by atoms with Crippen molar-refractivity contribution < 1.29 is 4.79 Å². The number of hydrogen-bond donors (Lipinski definition) is 1. The maximum atomic E-state index is 12.4. The van der Waals surface area contributed by atoms with Gasteiger partial charge < -0.3 is 4.98 Å². The van der Waals surface area contributed by atoms with Crippen molar-refractivity contribution in [3.05, 3.63) is 36.0 Å². The first-order chi connectivity index (χ1) is 8.75. The molecule has 1 fully saturated rings. The van der Waals surface area contributed by atoms with Crippen molar-refractivity contribution >= 4 is 16.7 Å². The van der Waals surface area contributed by atoms with Crippen LogP contribution in [0.15, 0.2) is 30.5 Å². The molecule has 0 bridgehead atoms. The molecule has 3 rings (SSSR count). The lowest BCUT2D eigenvalue weighted by Crippen LogP contribution is -2.32. The molecule has 0 aliphatic carbocycles. The SMILES string of the molecule is CC1CCCN1CC(=O)c1c[nH]c2ccccc12. The molecule has 2 aromatic rings. The number of benzene rings is 1. The van der Waals surface area contributed by atoms with E-state index < -0.39 is 0 Å². The molecule has 1 aliphatic rings. The van der Waals surface area contributed by atoms with Gasteiger partial charge >= 0.3 is 0 Å². The molecule has 1 N–H and O–H groups in total. The summed E-state index contributed by atoms with van der Waals surface area (Å²) in [5.41, 5.74) is 1.86. The zero-order chi connectivity index (χ0) is 12.5. The fourth-order valence-electron chi connectivity index (χ4n) is 2.80. The molecule has 3 heteroatoms. The Morgan fingerprint density at radius 1 is 1.44 bits per heavy atom. The van der Waals surface area contributed by atoms with Crippen molar-refractivity contribution in [1.82, 2.24) is 9.88 Å². The van der Waals surface area contributed by atoms with Crippen molar-refractivity contribution in [3.8, 4) is 0 Å². The first-order valence-electron chi connectivity index (χ1n) is 6.59. The highest BCUT2D eigenvalue weighted by atomic mass is 16.1. The van der Waals surface area contributed by atoms with Gasteiger partial charge in [0.15, 0.2) is 5.78 Å². The molecule has 1 saturated heterocycles. The van der Waals surface area contributed by atoms with E-state index in [0.29, 0.717) is 12.6 Å². The zero-order valence-corrected chi connectivity index (χ0v) is 10.6. The van der Waals surface area contributed by atoms with Crippen LogP contribution in [0.3, 0.4) is 0 Å². The van der Waals surface area contributed by atoms with Crippen molar-refractivity contribution in [2.75, 3.05) is 13.1 Å². The number of hydrogen-bond acceptors (Lipinski definition) is 2. The van der Waals surface area contributed by atoms with Crippen molar-refractivity contribution in [2.24, 2.45) is 0 Å². The number of para-hydroxylation sites is 1. The lowest BCUT2D eigenvalue weighted by atomic mass is 10.1. The normalized spacial score (nSPS) is 20.6. The van der Waals surface area contributed by atoms with Crippen molar-refractivity contribution in [2.45, 2.75) is 25.8 Å². The molecule has 2 heterocycles. The van der Waals surface area contributed by atoms with Crippen LogP contribution in [0, 0.1) is 0 Å². The Hall–Kier alpha value is -1.61. The number of ketones is 1. The summed E-state index contributed by atoms with van der Waals surface area (Å²) < 4.78 is 0. The van der Waals surface area contributed by atoms with Gasteiger partial charge in [-0.25, -0.2) is 0 Å². The predicted octanol–water partition coefficient (Wildman–Crippen LogP) is 2.83. The van der Waals surface area contributed by atoms with E-state index >= 15 is 0 Å². The third kappa shape index (κ3) is 1.95. The second kappa shape index (κ2) is 4.58. The number of nitrogens with one attached hydrogen (secondary N) is 1. The van der Waals surface area contributed by atoms with E-state index in [4.69, 9.17) is 0 Å². The van der Waals surface area contributed by atoms with Crippen LogP contribution in [0.5, 0.6) is 0 Å². The quantitative estimate of drug-likeness (QED) is 0.840. The summed E-state index contributed by atoms with van der Waals surface area (Å²) in [6.07, 6.45) is 4.26. The Bertz CT molecular complexity index is 573. The number of carbonyl (C=O) groups is 1. The predicted molar refractivity (Wildman–Crippen MR) is 72.9 cm³/mol. The molecule has 0 saturated carbocycles. The second-order valence-electron chi connectivity index (χ2n) is 5.13. The highest BCUT2D eigenvalue weighted by molar-refractivity contribution is 6.08. The standard InChI is InChI=1S/C15H18N2O/c1-11-5-4-8-17(11)10-15(18)13-9-16-14-7-3-2-6-12(13)14/h2-3,6-7,9,11,16H,4-5,8,10H2,1H3. The number of aromatic amines is 1. The Balaban J connectivity index is 1.84. The van der Waals surface area contributed by atoms with Gasteiger partial charge in [0.25, 0.3) is 0 Å². The average Bonchev–Trinajstić information content (AvgIpc) is 2.96. The summed E-state index contributed by atoms with van der Waals surface area (Å²) >= 11 is 0. The Kier molecular flexibility index (Phi) is 2.92. The number of H-pyrrole nitrogens is 1. The van der Waals surface area contributed by atoms with Crippen molar-refractivity contribution in [1.29, 1.82) is 0 Å². The highest BCUT2D eigenvalue weighted by Gasteiger charge is 2.23. The van der Waals surface area contributed by atoms with E-state index in [9.17, 15) is 4.79 Å². The maximum absolute atomic E-state index is 12.4. The van der Waals surface area contributed by atoms with E-state index in [1.165, 1.54) is 12.8 Å². The zero-order valence-electron chi connectivity index (χ0n) is 10.6. The molecule has 1 aromatic heterocycles. The smallest absolute Gasteiger partial charge is 0.178 e. The number of nitrogens with zero attached hydrogens (tertiary/aromatic N) is 1. The molecular formula is C15H18N2O. The minimum absolute atomic E-state index is 0.223. The topological polar surface area (TPSA) is 36.1 Å². The lowest BCUT2D eigenvalue weighted by molar-refractivity contribution is 0.0928. The summed E-state index contributed by atoms with van der Waals surface area (Å²) in [6.45, 7) is 3.80. The second-order valence-corrected chi connectivity index (χ2v) is 5.13. The average molecular weight is 242 g/mol. The monoisotopic (exact) mass is 242 g/mol. The summed E-state index contributed by atoms with van der Waals surface area (Å²) in [5.74, 6) is 0.223. The summed E-state index contributed by atoms with van der Waals surface area (Å²) in [6, 6.07) is 8.51. The van der Waals surface area contributed by atoms with Gasteiger partial charge in [-0.1, -0.05) is 18.2 Å².